The zero-order valence-corrected chi connectivity index (χ0v) is 17.8. The lowest BCUT2D eigenvalue weighted by atomic mass is 9.72. The first-order valence-electron chi connectivity index (χ1n) is 10.5. The van der Waals surface area contributed by atoms with E-state index in [0.717, 1.165) is 0 Å². The fourth-order valence-corrected chi connectivity index (χ4v) is 4.49. The first kappa shape index (κ1) is 24.4. The van der Waals surface area contributed by atoms with Gasteiger partial charge < -0.3 is 19.7 Å². The number of methoxy groups -OCH3 is 1. The maximum Gasteiger partial charge on any atom is 0.310 e. The lowest BCUT2D eigenvalue weighted by Crippen LogP contribution is -2.41. The Kier molecular flexibility index (Phi) is 8.45. The van der Waals surface area contributed by atoms with Crippen molar-refractivity contribution in [2.45, 2.75) is 70.2 Å². The van der Waals surface area contributed by atoms with Crippen molar-refractivity contribution in [2.75, 3.05) is 7.11 Å². The predicted octanol–water partition coefficient (Wildman–Crippen LogP) is 3.46. The Morgan fingerprint density at radius 1 is 1.50 bits per heavy atom. The molecular weight excluding hydrogens is 394 g/mol. The summed E-state index contributed by atoms with van der Waals surface area (Å²) in [5.41, 5.74) is 0. The van der Waals surface area contributed by atoms with Gasteiger partial charge in [0.25, 0.3) is 0 Å². The molecule has 2 N–H and O–H groups in total. The highest BCUT2D eigenvalue weighted by molar-refractivity contribution is 5.69. The monoisotopic (exact) mass is 426 g/mol. The Morgan fingerprint density at radius 2 is 2.20 bits per heavy atom. The Bertz CT molecular complexity index is 708. The van der Waals surface area contributed by atoms with Crippen molar-refractivity contribution >= 4 is 5.97 Å². The molecule has 0 bridgehead atoms. The van der Waals surface area contributed by atoms with Crippen LogP contribution in [0.25, 0.3) is 0 Å². The Hall–Kier alpha value is -1.91. The molecule has 0 aromatic carbocycles. The molecule has 0 radical (unpaired) electrons. The van der Waals surface area contributed by atoms with E-state index in [1.165, 1.54) is 19.3 Å². The smallest absolute Gasteiger partial charge is 0.310 e. The largest absolute Gasteiger partial charge is 0.488 e. The molecule has 1 heterocycles. The molecule has 0 aromatic rings. The highest BCUT2D eigenvalue weighted by Gasteiger charge is 2.65. The van der Waals surface area contributed by atoms with Crippen molar-refractivity contribution in [1.29, 1.82) is 0 Å². The second-order valence-corrected chi connectivity index (χ2v) is 8.01. The van der Waals surface area contributed by atoms with E-state index in [0.29, 0.717) is 12.8 Å². The molecule has 5 nitrogen and oxygen atoms in total. The molecule has 0 aromatic heterocycles. The topological polar surface area (TPSA) is 76.0 Å². The molecule has 1 aliphatic carbocycles. The lowest BCUT2D eigenvalue weighted by Gasteiger charge is -2.34. The summed E-state index contributed by atoms with van der Waals surface area (Å²) in [5, 5.41) is 20.9. The summed E-state index contributed by atoms with van der Waals surface area (Å²) in [7, 11) is 1.28. The molecule has 30 heavy (non-hydrogen) atoms. The lowest BCUT2D eigenvalue weighted by molar-refractivity contribution is -0.140. The molecular formula is C23H32F2O5. The summed E-state index contributed by atoms with van der Waals surface area (Å²) in [6.45, 7) is 7.17. The normalized spacial score (nSPS) is 31.1. The van der Waals surface area contributed by atoms with E-state index in [4.69, 9.17) is 4.74 Å². The number of fused-ring (bicyclic) bond motifs is 1. The van der Waals surface area contributed by atoms with Gasteiger partial charge in [0.05, 0.1) is 25.2 Å². The van der Waals surface area contributed by atoms with Gasteiger partial charge in [-0.05, 0) is 24.8 Å². The minimum Gasteiger partial charge on any atom is -0.488 e. The van der Waals surface area contributed by atoms with Crippen LogP contribution in [0.2, 0.25) is 0 Å². The standard InChI is InChI=1S/C23H32F2O5/c1-5-7-10-15(14(3)16(26)6-2)21-17(27)13-18-22(21)23(24,25)19(30-18)11-8-9-12-20(28)29-4/h6,11,14-18,21-22,26-27H,2,5,8-9,12-13H2,1,3-4H3/t14?,15?,16-,17+,18-,21-,22-/m0/s1. The molecule has 168 valence electrons. The van der Waals surface area contributed by atoms with E-state index in [1.807, 2.05) is 6.92 Å². The van der Waals surface area contributed by atoms with Crippen LogP contribution >= 0.6 is 0 Å². The number of unbranched alkanes of at least 4 members (excludes halogenated alkanes) is 1. The number of halogens is 2. The van der Waals surface area contributed by atoms with Gasteiger partial charge in [0.1, 0.15) is 6.10 Å². The second kappa shape index (κ2) is 10.4. The molecule has 2 rings (SSSR count). The van der Waals surface area contributed by atoms with E-state index in [1.54, 1.807) is 6.92 Å². The molecule has 7 atom stereocenters. The molecule has 2 aliphatic rings. The summed E-state index contributed by atoms with van der Waals surface area (Å²) in [4.78, 5) is 11.2. The molecule has 2 unspecified atom stereocenters. The second-order valence-electron chi connectivity index (χ2n) is 8.01. The van der Waals surface area contributed by atoms with Gasteiger partial charge in [-0.25, -0.2) is 0 Å². The number of carbonyl (C=O) groups is 1. The number of alkyl halides is 2. The van der Waals surface area contributed by atoms with Gasteiger partial charge in [-0.2, -0.15) is 8.78 Å². The van der Waals surface area contributed by atoms with Crippen LogP contribution in [0, 0.1) is 35.5 Å². The average Bonchev–Trinajstić information content (AvgIpc) is 3.17. The number of carbonyl (C=O) groups excluding carboxylic acids is 1. The van der Waals surface area contributed by atoms with Crippen LogP contribution in [0.1, 0.15) is 46.0 Å². The van der Waals surface area contributed by atoms with Gasteiger partial charge in [0.15, 0.2) is 5.76 Å². The van der Waals surface area contributed by atoms with Crippen molar-refractivity contribution in [3.05, 3.63) is 24.5 Å². The Balaban J connectivity index is 2.26. The third-order valence-electron chi connectivity index (χ3n) is 6.11. The zero-order valence-electron chi connectivity index (χ0n) is 17.8. The molecule has 0 amide bonds. The van der Waals surface area contributed by atoms with Crippen LogP contribution in [0.4, 0.5) is 8.78 Å². The maximum atomic E-state index is 15.3. The summed E-state index contributed by atoms with van der Waals surface area (Å²) in [6, 6.07) is 0. The van der Waals surface area contributed by atoms with Crippen LogP contribution in [0.5, 0.6) is 0 Å². The van der Waals surface area contributed by atoms with E-state index in [2.05, 4.69) is 23.2 Å². The third kappa shape index (κ3) is 5.04. The van der Waals surface area contributed by atoms with Crippen molar-refractivity contribution in [1.82, 2.24) is 0 Å². The number of hydrogen-bond donors (Lipinski definition) is 2. The van der Waals surface area contributed by atoms with Gasteiger partial charge in [-0.1, -0.05) is 25.8 Å². The highest BCUT2D eigenvalue weighted by Crippen LogP contribution is 2.56. The van der Waals surface area contributed by atoms with E-state index < -0.39 is 53.7 Å². The van der Waals surface area contributed by atoms with Crippen molar-refractivity contribution in [3.63, 3.8) is 0 Å². The maximum absolute atomic E-state index is 15.3. The fourth-order valence-electron chi connectivity index (χ4n) is 4.49. The number of allylic oxidation sites excluding steroid dienone is 2. The van der Waals surface area contributed by atoms with E-state index >= 15 is 8.78 Å². The SMILES string of the molecule is C=C[C@H](O)C(C)C(C#CCC)[C@@H]1[C@@H]2[C@H](C[C@H]1O)OC(=CCCCC(=O)OC)C2(F)F. The van der Waals surface area contributed by atoms with Crippen LogP contribution in [-0.4, -0.2) is 47.5 Å². The predicted molar refractivity (Wildman–Crippen MR) is 108 cm³/mol. The number of hydrogen-bond acceptors (Lipinski definition) is 5. The summed E-state index contributed by atoms with van der Waals surface area (Å²) < 4.78 is 40.8. The van der Waals surface area contributed by atoms with Gasteiger partial charge in [-0.15, -0.1) is 12.5 Å². The molecule has 0 spiro atoms. The molecule has 1 aliphatic heterocycles. The average molecular weight is 427 g/mol. The van der Waals surface area contributed by atoms with Crippen molar-refractivity contribution < 1.29 is 33.3 Å². The molecule has 1 saturated heterocycles. The molecule has 2 fully saturated rings. The number of ether oxygens (including phenoxy) is 2. The number of esters is 1. The molecule has 1 saturated carbocycles. The van der Waals surface area contributed by atoms with Gasteiger partial charge >= 0.3 is 11.9 Å². The van der Waals surface area contributed by atoms with Crippen LogP contribution in [-0.2, 0) is 14.3 Å². The van der Waals surface area contributed by atoms with Gasteiger partial charge in [-0.3, -0.25) is 4.79 Å². The van der Waals surface area contributed by atoms with Crippen LogP contribution < -0.4 is 0 Å². The first-order chi connectivity index (χ1) is 14.2. The zero-order chi connectivity index (χ0) is 22.5. The van der Waals surface area contributed by atoms with Gasteiger partial charge in [0.2, 0.25) is 0 Å². The summed E-state index contributed by atoms with van der Waals surface area (Å²) in [6.07, 6.45) is 1.38. The Morgan fingerprint density at radius 3 is 2.80 bits per heavy atom. The van der Waals surface area contributed by atoms with E-state index in [9.17, 15) is 15.0 Å². The Labute approximate surface area is 177 Å². The summed E-state index contributed by atoms with van der Waals surface area (Å²) in [5.74, 6) is -1.27. The minimum absolute atomic E-state index is 0.0889. The van der Waals surface area contributed by atoms with E-state index in [-0.39, 0.29) is 25.2 Å². The van der Waals surface area contributed by atoms with Crippen LogP contribution in [0.15, 0.2) is 24.5 Å². The van der Waals surface area contributed by atoms with Crippen molar-refractivity contribution in [3.8, 4) is 11.8 Å². The molecule has 7 heteroatoms. The summed E-state index contributed by atoms with van der Waals surface area (Å²) >= 11 is 0. The fraction of sp³-hybridized carbons (Fsp3) is 0.696. The van der Waals surface area contributed by atoms with Crippen molar-refractivity contribution in [2.24, 2.45) is 23.7 Å². The van der Waals surface area contributed by atoms with Crippen LogP contribution in [0.3, 0.4) is 0 Å². The third-order valence-corrected chi connectivity index (χ3v) is 6.11. The minimum atomic E-state index is -3.26. The highest BCUT2D eigenvalue weighted by atomic mass is 19.3. The number of aliphatic hydroxyl groups is 2. The first-order valence-corrected chi connectivity index (χ1v) is 10.5. The van der Waals surface area contributed by atoms with Gasteiger partial charge in [0, 0.05) is 31.1 Å². The quantitative estimate of drug-likeness (QED) is 0.269. The number of rotatable bonds is 8. The number of aliphatic hydroxyl groups excluding tert-OH is 2.